The van der Waals surface area contributed by atoms with Crippen LogP contribution in [-0.4, -0.2) is 20.6 Å². The van der Waals surface area contributed by atoms with E-state index in [1.807, 2.05) is 13.1 Å². The van der Waals surface area contributed by atoms with Crippen LogP contribution < -0.4 is 5.32 Å². The van der Waals surface area contributed by atoms with Gasteiger partial charge in [0.05, 0.1) is 21.6 Å². The number of benzene rings is 1. The first-order valence-electron chi connectivity index (χ1n) is 6.36. The number of hydrogen-bond acceptors (Lipinski definition) is 4. The molecule has 22 heavy (non-hydrogen) atoms. The molecule has 0 aliphatic carbocycles. The summed E-state index contributed by atoms with van der Waals surface area (Å²) in [6, 6.07) is 3.91. The van der Waals surface area contributed by atoms with Crippen LogP contribution in [-0.2, 0) is 13.1 Å². The van der Waals surface area contributed by atoms with Gasteiger partial charge < -0.3 is 5.32 Å². The van der Waals surface area contributed by atoms with Crippen molar-refractivity contribution in [3.8, 4) is 0 Å². The first kappa shape index (κ1) is 16.4. The molecule has 1 aromatic heterocycles. The number of halogens is 2. The van der Waals surface area contributed by atoms with Crippen molar-refractivity contribution in [1.82, 2.24) is 15.1 Å². The van der Waals surface area contributed by atoms with Crippen LogP contribution in [0.5, 0.6) is 0 Å². The second kappa shape index (κ2) is 6.89. The molecule has 0 saturated carbocycles. The molecule has 0 spiro atoms. The Hall–Kier alpha value is -1.93. The number of hydrogen-bond donors (Lipinski definition) is 1. The number of carbonyl (C=O) groups is 1. The number of aryl methyl sites for hydroxylation is 1. The molecule has 0 bridgehead atoms. The van der Waals surface area contributed by atoms with Gasteiger partial charge in [0.25, 0.3) is 11.6 Å². The molecule has 9 heteroatoms. The third-order valence-electron chi connectivity index (χ3n) is 2.93. The highest BCUT2D eigenvalue weighted by Gasteiger charge is 2.16. The Morgan fingerprint density at radius 2 is 2.27 bits per heavy atom. The zero-order chi connectivity index (χ0) is 16.3. The van der Waals surface area contributed by atoms with Crippen LogP contribution in [0.15, 0.2) is 28.9 Å². The van der Waals surface area contributed by atoms with Gasteiger partial charge in [-0.3, -0.25) is 19.6 Å². The Morgan fingerprint density at radius 1 is 1.55 bits per heavy atom. The van der Waals surface area contributed by atoms with E-state index in [-0.39, 0.29) is 22.8 Å². The normalized spacial score (nSPS) is 10.5. The zero-order valence-corrected chi connectivity index (χ0v) is 13.9. The summed E-state index contributed by atoms with van der Waals surface area (Å²) < 4.78 is 2.52. The van der Waals surface area contributed by atoms with Gasteiger partial charge in [-0.05, 0) is 35.0 Å². The summed E-state index contributed by atoms with van der Waals surface area (Å²) in [5.41, 5.74) is 0.548. The van der Waals surface area contributed by atoms with Crippen LogP contribution in [0.3, 0.4) is 0 Å². The predicted octanol–water partition coefficient (Wildman–Crippen LogP) is 3.16. The summed E-state index contributed by atoms with van der Waals surface area (Å²) in [6.07, 6.45) is 1.81. The van der Waals surface area contributed by atoms with Gasteiger partial charge in [0, 0.05) is 24.4 Å². The summed E-state index contributed by atoms with van der Waals surface area (Å²) in [7, 11) is 0. The SMILES string of the molecule is CCn1cc(Br)c(CNC(=O)c2ccc(Cl)c([N+](=O)[O-])c2)n1. The molecule has 0 aliphatic heterocycles. The summed E-state index contributed by atoms with van der Waals surface area (Å²) in [5.74, 6) is -0.433. The monoisotopic (exact) mass is 386 g/mol. The minimum Gasteiger partial charge on any atom is -0.346 e. The average molecular weight is 388 g/mol. The highest BCUT2D eigenvalue weighted by atomic mass is 79.9. The Balaban J connectivity index is 2.10. The highest BCUT2D eigenvalue weighted by molar-refractivity contribution is 9.10. The maximum Gasteiger partial charge on any atom is 0.288 e. The van der Waals surface area contributed by atoms with Crippen molar-refractivity contribution in [1.29, 1.82) is 0 Å². The lowest BCUT2D eigenvalue weighted by atomic mass is 10.2. The third-order valence-corrected chi connectivity index (χ3v) is 3.91. The predicted molar refractivity (Wildman–Crippen MR) is 84.9 cm³/mol. The van der Waals surface area contributed by atoms with Gasteiger partial charge in [0.15, 0.2) is 0 Å². The van der Waals surface area contributed by atoms with E-state index in [0.29, 0.717) is 5.69 Å². The maximum atomic E-state index is 12.1. The molecule has 1 heterocycles. The van der Waals surface area contributed by atoms with Gasteiger partial charge in [0.2, 0.25) is 0 Å². The Kier molecular flexibility index (Phi) is 5.15. The van der Waals surface area contributed by atoms with Gasteiger partial charge in [0.1, 0.15) is 5.02 Å². The van der Waals surface area contributed by atoms with Gasteiger partial charge >= 0.3 is 0 Å². The summed E-state index contributed by atoms with van der Waals surface area (Å²) in [5, 5.41) is 17.8. The Morgan fingerprint density at radius 3 is 2.86 bits per heavy atom. The fraction of sp³-hybridized carbons (Fsp3) is 0.231. The smallest absolute Gasteiger partial charge is 0.288 e. The Labute approximate surface area is 139 Å². The van der Waals surface area contributed by atoms with Crippen molar-refractivity contribution in [3.05, 3.63) is 55.3 Å². The largest absolute Gasteiger partial charge is 0.346 e. The topological polar surface area (TPSA) is 90.1 Å². The van der Waals surface area contributed by atoms with Crippen LogP contribution in [0, 0.1) is 10.1 Å². The van der Waals surface area contributed by atoms with Gasteiger partial charge in [-0.15, -0.1) is 0 Å². The molecule has 116 valence electrons. The first-order chi connectivity index (χ1) is 10.4. The molecular weight excluding hydrogens is 376 g/mol. The molecular formula is C13H12BrClN4O3. The minimum atomic E-state index is -0.626. The van der Waals surface area contributed by atoms with Crippen LogP contribution in [0.2, 0.25) is 5.02 Å². The second-order valence-corrected chi connectivity index (χ2v) is 5.65. The molecule has 0 atom stereocenters. The second-order valence-electron chi connectivity index (χ2n) is 4.39. The molecule has 0 radical (unpaired) electrons. The Bertz CT molecular complexity index is 732. The molecule has 0 fully saturated rings. The lowest BCUT2D eigenvalue weighted by molar-refractivity contribution is -0.384. The van der Waals surface area contributed by atoms with E-state index in [4.69, 9.17) is 11.6 Å². The van der Waals surface area contributed by atoms with Crippen LogP contribution in [0.1, 0.15) is 23.0 Å². The van der Waals surface area contributed by atoms with Crippen LogP contribution >= 0.6 is 27.5 Å². The van der Waals surface area contributed by atoms with Crippen molar-refractivity contribution in [3.63, 3.8) is 0 Å². The van der Waals surface area contributed by atoms with E-state index >= 15 is 0 Å². The number of nitrogens with one attached hydrogen (secondary N) is 1. The molecule has 2 aromatic rings. The van der Waals surface area contributed by atoms with Gasteiger partial charge in [-0.1, -0.05) is 11.6 Å². The van der Waals surface area contributed by atoms with Crippen LogP contribution in [0.25, 0.3) is 0 Å². The standard InChI is InChI=1S/C13H12BrClN4O3/c1-2-18-7-9(14)11(17-18)6-16-13(20)8-3-4-10(15)12(5-8)19(21)22/h3-5,7H,2,6H2,1H3,(H,16,20). The molecule has 1 amide bonds. The van der Waals surface area contributed by atoms with Crippen molar-refractivity contribution in [2.75, 3.05) is 0 Å². The number of nitro benzene ring substituents is 1. The molecule has 0 aliphatic rings. The molecule has 2 rings (SSSR count). The van der Waals surface area contributed by atoms with Crippen LogP contribution in [0.4, 0.5) is 5.69 Å². The number of amides is 1. The summed E-state index contributed by atoms with van der Waals surface area (Å²) in [4.78, 5) is 22.3. The van der Waals surface area contributed by atoms with E-state index in [9.17, 15) is 14.9 Å². The number of rotatable bonds is 5. The summed E-state index contributed by atoms with van der Waals surface area (Å²) >= 11 is 9.08. The number of aromatic nitrogens is 2. The van der Waals surface area contributed by atoms with E-state index in [1.165, 1.54) is 12.1 Å². The lowest BCUT2D eigenvalue weighted by Gasteiger charge is -2.04. The van der Waals surface area contributed by atoms with E-state index in [1.54, 1.807) is 4.68 Å². The first-order valence-corrected chi connectivity index (χ1v) is 7.53. The molecule has 7 nitrogen and oxygen atoms in total. The highest BCUT2D eigenvalue weighted by Crippen LogP contribution is 2.25. The van der Waals surface area contributed by atoms with E-state index in [0.717, 1.165) is 17.1 Å². The number of nitrogens with zero attached hydrogens (tertiary/aromatic N) is 3. The van der Waals surface area contributed by atoms with Gasteiger partial charge in [-0.25, -0.2) is 0 Å². The average Bonchev–Trinajstić information content (AvgIpc) is 2.85. The van der Waals surface area contributed by atoms with Crippen molar-refractivity contribution in [2.24, 2.45) is 0 Å². The number of nitro groups is 1. The maximum absolute atomic E-state index is 12.1. The molecule has 0 saturated heterocycles. The quantitative estimate of drug-likeness (QED) is 0.630. The molecule has 1 N–H and O–H groups in total. The lowest BCUT2D eigenvalue weighted by Crippen LogP contribution is -2.23. The van der Waals surface area contributed by atoms with E-state index in [2.05, 4.69) is 26.3 Å². The molecule has 0 unspecified atom stereocenters. The number of carbonyl (C=O) groups excluding carboxylic acids is 1. The van der Waals surface area contributed by atoms with Crippen molar-refractivity contribution >= 4 is 39.1 Å². The van der Waals surface area contributed by atoms with Crippen molar-refractivity contribution in [2.45, 2.75) is 20.0 Å². The third kappa shape index (κ3) is 3.63. The van der Waals surface area contributed by atoms with Gasteiger partial charge in [-0.2, -0.15) is 5.10 Å². The molecule has 1 aromatic carbocycles. The van der Waals surface area contributed by atoms with E-state index < -0.39 is 10.8 Å². The zero-order valence-electron chi connectivity index (χ0n) is 11.5. The fourth-order valence-corrected chi connectivity index (χ4v) is 2.42. The minimum absolute atomic E-state index is 0.00835. The fourth-order valence-electron chi connectivity index (χ4n) is 1.78. The van der Waals surface area contributed by atoms with Crippen molar-refractivity contribution < 1.29 is 9.72 Å². The summed E-state index contributed by atoms with van der Waals surface area (Å²) in [6.45, 7) is 2.88.